The van der Waals surface area contributed by atoms with Crippen LogP contribution in [0.4, 0.5) is 11.4 Å². The van der Waals surface area contributed by atoms with Gasteiger partial charge < -0.3 is 14.3 Å². The smallest absolute Gasteiger partial charge is 0.198 e. The van der Waals surface area contributed by atoms with Gasteiger partial charge in [0, 0.05) is 66.3 Å². The molecule has 3 aliphatic rings. The Morgan fingerprint density at radius 1 is 0.500 bits per heavy atom. The first kappa shape index (κ1) is 44.9. The number of nitrogens with zero attached hydrogens (tertiary/aromatic N) is 1. The minimum absolute atomic E-state index is 0.0434. The summed E-state index contributed by atoms with van der Waals surface area (Å²) in [5.74, 6) is 0.898. The highest BCUT2D eigenvalue weighted by molar-refractivity contribution is 6.74. The van der Waals surface area contributed by atoms with E-state index in [0.29, 0.717) is 0 Å². The third-order valence-corrected chi connectivity index (χ3v) is 17.3. The molecule has 0 unspecified atom stereocenters. The van der Waals surface area contributed by atoms with Crippen LogP contribution in [0.25, 0.3) is 94.3 Å². The van der Waals surface area contributed by atoms with Crippen molar-refractivity contribution in [3.63, 3.8) is 0 Å². The van der Waals surface area contributed by atoms with E-state index >= 15 is 0 Å². The van der Waals surface area contributed by atoms with Gasteiger partial charge in [0.05, 0.1) is 5.52 Å². The Bertz CT molecular complexity index is 4170. The first-order chi connectivity index (χ1) is 35.5. The Hall–Kier alpha value is -7.82. The fraction of sp³-hybridized carbons (Fsp3) is 0.200. The summed E-state index contributed by atoms with van der Waals surface area (Å²) in [7, 11) is 0.732. The lowest BCUT2D eigenvalue weighted by Gasteiger charge is -2.29. The number of hydrogen-bond acceptors (Lipinski definition) is 2. The van der Waals surface area contributed by atoms with Crippen molar-refractivity contribution >= 4 is 62.4 Å². The molecule has 3 nitrogen and oxygen atoms in total. The number of aromatic nitrogens is 1. The topological polar surface area (TPSA) is 30.1 Å². The summed E-state index contributed by atoms with van der Waals surface area (Å²) in [5, 5.41) is 7.93. The zero-order valence-electron chi connectivity index (χ0n) is 44.3. The Morgan fingerprint density at radius 2 is 1.12 bits per heavy atom. The maximum Gasteiger partial charge on any atom is 0.198 e. The molecule has 4 heteroatoms. The van der Waals surface area contributed by atoms with Gasteiger partial charge in [-0.2, -0.15) is 0 Å². The van der Waals surface area contributed by atoms with Crippen LogP contribution in [0.15, 0.2) is 180 Å². The van der Waals surface area contributed by atoms with E-state index in [-0.39, 0.29) is 21.7 Å². The van der Waals surface area contributed by atoms with E-state index < -0.39 is 0 Å². The summed E-state index contributed by atoms with van der Waals surface area (Å²) in [6.45, 7) is 23.6. The van der Waals surface area contributed by atoms with Gasteiger partial charge in [0.15, 0.2) is 7.28 Å². The quantitative estimate of drug-likeness (QED) is 0.174. The molecule has 2 aliphatic carbocycles. The third kappa shape index (κ3) is 6.33. The van der Waals surface area contributed by atoms with E-state index in [1.165, 1.54) is 105 Å². The molecule has 0 radical (unpaired) electrons. The zero-order chi connectivity index (χ0) is 50.8. The molecule has 2 aromatic heterocycles. The van der Waals surface area contributed by atoms with Crippen LogP contribution in [0.2, 0.25) is 0 Å². The number of furan rings is 1. The van der Waals surface area contributed by atoms with E-state index in [0.717, 1.165) is 52.1 Å². The number of benzene rings is 9. The monoisotopic (exact) mass is 956 g/mol. The van der Waals surface area contributed by atoms with E-state index in [1.807, 2.05) is 0 Å². The van der Waals surface area contributed by atoms with Crippen molar-refractivity contribution in [1.82, 2.24) is 4.57 Å². The lowest BCUT2D eigenvalue weighted by molar-refractivity contribution is 0.590. The minimum atomic E-state index is -0.308. The maximum absolute atomic E-state index is 7.15. The molecule has 0 spiro atoms. The molecule has 14 rings (SSSR count). The Labute approximate surface area is 436 Å². The molecular weight excluding hydrogens is 896 g/mol. The van der Waals surface area contributed by atoms with Gasteiger partial charge >= 0.3 is 0 Å². The Kier molecular flexibility index (Phi) is 9.32. The van der Waals surface area contributed by atoms with Gasteiger partial charge in [-0.15, -0.1) is 0 Å². The number of rotatable bonds is 5. The van der Waals surface area contributed by atoms with Crippen molar-refractivity contribution < 1.29 is 4.42 Å². The molecule has 11 aromatic rings. The highest BCUT2D eigenvalue weighted by Crippen LogP contribution is 2.59. The molecule has 74 heavy (non-hydrogen) atoms. The standard InChI is InChI=1S/C70H61BN2O/c1-67(2,3)42-29-32-44(33-30-42)72-55-38-53-47(45-25-17-19-27-51(45)69(53,7)8)36-48(55)61-60-46-26-18-20-28-52(46)70(9,10)63(60)62-49-35-43(68(4,5)6)31-34-56(49)73-57-37-50-58(39-54(57)71-64(61)65(62)73)74-66(41-23-15-12-16-24-41)59(50)40-21-13-11-14-22-40/h11-39,71-72H,1-10H3. The Balaban J connectivity index is 1.15. The van der Waals surface area contributed by atoms with Crippen molar-refractivity contribution in [2.45, 2.75) is 90.9 Å². The van der Waals surface area contributed by atoms with Crippen LogP contribution in [-0.2, 0) is 21.7 Å². The van der Waals surface area contributed by atoms with Gasteiger partial charge in [-0.3, -0.25) is 0 Å². The normalized spacial score (nSPS) is 14.7. The van der Waals surface area contributed by atoms with Crippen molar-refractivity contribution in [1.29, 1.82) is 0 Å². The van der Waals surface area contributed by atoms with Crippen LogP contribution in [0, 0.1) is 0 Å². The molecule has 0 bridgehead atoms. The molecule has 0 atom stereocenters. The van der Waals surface area contributed by atoms with Gasteiger partial charge in [-0.05, 0) is 132 Å². The lowest BCUT2D eigenvalue weighted by Crippen LogP contribution is -2.38. The van der Waals surface area contributed by atoms with Crippen molar-refractivity contribution in [2.24, 2.45) is 0 Å². The average Bonchev–Trinajstić information content (AvgIpc) is 4.11. The first-order valence-electron chi connectivity index (χ1n) is 26.6. The van der Waals surface area contributed by atoms with Crippen LogP contribution in [-0.4, -0.2) is 11.8 Å². The molecule has 1 aliphatic heterocycles. The number of hydrogen-bond donors (Lipinski definition) is 1. The van der Waals surface area contributed by atoms with Crippen molar-refractivity contribution in [3.05, 3.63) is 209 Å². The summed E-state index contributed by atoms with van der Waals surface area (Å²) in [5.41, 5.74) is 28.3. The largest absolute Gasteiger partial charge is 0.455 e. The summed E-state index contributed by atoms with van der Waals surface area (Å²) in [4.78, 5) is 0. The highest BCUT2D eigenvalue weighted by atomic mass is 16.3. The average molecular weight is 957 g/mol. The van der Waals surface area contributed by atoms with Crippen LogP contribution in [0.5, 0.6) is 0 Å². The van der Waals surface area contributed by atoms with Crippen LogP contribution < -0.4 is 16.2 Å². The predicted octanol–water partition coefficient (Wildman–Crippen LogP) is 17.2. The second kappa shape index (κ2) is 15.4. The molecule has 9 aromatic carbocycles. The van der Waals surface area contributed by atoms with Crippen LogP contribution in [0.3, 0.4) is 0 Å². The van der Waals surface area contributed by atoms with Gasteiger partial charge in [0.1, 0.15) is 11.3 Å². The fourth-order valence-electron chi connectivity index (χ4n) is 13.5. The van der Waals surface area contributed by atoms with E-state index in [2.05, 4.69) is 255 Å². The minimum Gasteiger partial charge on any atom is -0.455 e. The van der Waals surface area contributed by atoms with Gasteiger partial charge in [0.2, 0.25) is 0 Å². The van der Waals surface area contributed by atoms with E-state index in [4.69, 9.17) is 4.42 Å². The summed E-state index contributed by atoms with van der Waals surface area (Å²) >= 11 is 0. The number of anilines is 2. The zero-order valence-corrected chi connectivity index (χ0v) is 44.3. The second-order valence-electron chi connectivity index (χ2n) is 24.6. The van der Waals surface area contributed by atoms with Crippen molar-refractivity contribution in [2.75, 3.05) is 5.32 Å². The molecule has 1 N–H and O–H groups in total. The Morgan fingerprint density at radius 3 is 1.81 bits per heavy atom. The van der Waals surface area contributed by atoms with Crippen molar-refractivity contribution in [3.8, 4) is 61.5 Å². The van der Waals surface area contributed by atoms with Crippen LogP contribution >= 0.6 is 0 Å². The number of nitrogens with one attached hydrogen (secondary N) is 1. The third-order valence-electron chi connectivity index (χ3n) is 17.3. The molecule has 0 saturated heterocycles. The molecular formula is C70H61BN2O. The summed E-state index contributed by atoms with van der Waals surface area (Å²) in [6, 6.07) is 66.2. The van der Waals surface area contributed by atoms with Crippen LogP contribution in [0.1, 0.15) is 103 Å². The maximum atomic E-state index is 7.15. The van der Waals surface area contributed by atoms with E-state index in [1.54, 1.807) is 0 Å². The van der Waals surface area contributed by atoms with E-state index in [9.17, 15) is 0 Å². The van der Waals surface area contributed by atoms with Gasteiger partial charge in [0.25, 0.3) is 0 Å². The predicted molar refractivity (Wildman–Crippen MR) is 316 cm³/mol. The SMILES string of the molecule is CC(C)(C)c1ccc(Nc2cc3c(cc2-c2c4c(c5c6cc(C(C)(C)C)ccc6n6c5c2Bc2cc5oc(-c7ccccc7)c(-c7ccccc7)c5cc2-6)C(C)(C)c2ccccc2-4)-c2ccccc2C3(C)C)cc1. The molecule has 360 valence electrons. The summed E-state index contributed by atoms with van der Waals surface area (Å²) in [6.07, 6.45) is 0. The summed E-state index contributed by atoms with van der Waals surface area (Å²) < 4.78 is 9.80. The molecule has 0 fully saturated rings. The number of fused-ring (bicyclic) bond motifs is 13. The lowest BCUT2D eigenvalue weighted by atomic mass is 9.57. The molecule has 3 heterocycles. The first-order valence-corrected chi connectivity index (χ1v) is 26.6. The fourth-order valence-corrected chi connectivity index (χ4v) is 13.5. The van der Waals surface area contributed by atoms with Gasteiger partial charge in [-0.25, -0.2) is 0 Å². The molecule has 0 saturated carbocycles. The highest BCUT2D eigenvalue weighted by Gasteiger charge is 2.44. The molecule has 0 amide bonds. The second-order valence-corrected chi connectivity index (χ2v) is 24.6. The van der Waals surface area contributed by atoms with Gasteiger partial charge in [-0.1, -0.05) is 202 Å².